The third-order valence-corrected chi connectivity index (χ3v) is 4.25. The van der Waals surface area contributed by atoms with Gasteiger partial charge < -0.3 is 15.7 Å². The van der Waals surface area contributed by atoms with Crippen molar-refractivity contribution in [2.75, 3.05) is 20.1 Å². The van der Waals surface area contributed by atoms with Crippen LogP contribution in [0.4, 0.5) is 0 Å². The van der Waals surface area contributed by atoms with Crippen molar-refractivity contribution in [3.05, 3.63) is 0 Å². The maximum Gasteiger partial charge on any atom is 0.0853 e. The summed E-state index contributed by atoms with van der Waals surface area (Å²) in [5.74, 6) is 0. The van der Waals surface area contributed by atoms with E-state index in [0.717, 1.165) is 19.4 Å². The molecule has 1 aliphatic rings. The molecule has 3 unspecified atom stereocenters. The van der Waals surface area contributed by atoms with Gasteiger partial charge in [0.25, 0.3) is 0 Å². The predicted octanol–water partition coefficient (Wildman–Crippen LogP) is 0.817. The smallest absolute Gasteiger partial charge is 0.0853 e. The van der Waals surface area contributed by atoms with Gasteiger partial charge in [0.05, 0.1) is 5.60 Å². The Morgan fingerprint density at radius 2 is 2.21 bits per heavy atom. The second-order valence-corrected chi connectivity index (χ2v) is 5.12. The first kappa shape index (κ1) is 12.0. The lowest BCUT2D eigenvalue weighted by Crippen LogP contribution is -2.52. The summed E-state index contributed by atoms with van der Waals surface area (Å²) in [7, 11) is 2.06. The van der Waals surface area contributed by atoms with Crippen molar-refractivity contribution in [3.63, 3.8) is 0 Å². The van der Waals surface area contributed by atoms with Gasteiger partial charge in [-0.2, -0.15) is 0 Å². The molecule has 1 saturated heterocycles. The molecule has 1 aliphatic heterocycles. The Bertz CT molecular complexity index is 191. The minimum Gasteiger partial charge on any atom is -0.388 e. The molecule has 0 aromatic carbocycles. The number of nitrogens with zero attached hydrogens (tertiary/aromatic N) is 1. The molecule has 1 heterocycles. The van der Waals surface area contributed by atoms with Crippen molar-refractivity contribution < 1.29 is 5.11 Å². The van der Waals surface area contributed by atoms with Gasteiger partial charge in [0.15, 0.2) is 0 Å². The topological polar surface area (TPSA) is 49.5 Å². The number of aliphatic hydroxyl groups is 1. The molecule has 0 spiro atoms. The first-order valence-electron chi connectivity index (χ1n) is 5.51. The molecule has 0 aliphatic carbocycles. The van der Waals surface area contributed by atoms with Gasteiger partial charge in [0.2, 0.25) is 0 Å². The molecule has 0 saturated carbocycles. The summed E-state index contributed by atoms with van der Waals surface area (Å²) in [5.41, 5.74) is 5.04. The molecule has 3 N–H and O–H groups in total. The quantitative estimate of drug-likeness (QED) is 0.709. The van der Waals surface area contributed by atoms with Crippen LogP contribution in [0, 0.1) is 5.41 Å². The Hall–Kier alpha value is -0.120. The Balaban J connectivity index is 2.85. The van der Waals surface area contributed by atoms with Crippen molar-refractivity contribution >= 4 is 0 Å². The first-order chi connectivity index (χ1) is 6.38. The summed E-state index contributed by atoms with van der Waals surface area (Å²) in [6.45, 7) is 7.66. The average molecular weight is 200 g/mol. The normalized spacial score (nSPS) is 38.6. The van der Waals surface area contributed by atoms with E-state index in [-0.39, 0.29) is 5.41 Å². The van der Waals surface area contributed by atoms with Gasteiger partial charge in [-0.15, -0.1) is 0 Å². The molecular formula is C11H24N2O. The molecule has 3 nitrogen and oxygen atoms in total. The summed E-state index contributed by atoms with van der Waals surface area (Å²) >= 11 is 0. The monoisotopic (exact) mass is 200 g/mol. The average Bonchev–Trinajstić information content (AvgIpc) is 2.41. The highest BCUT2D eigenvalue weighted by molar-refractivity contribution is 5.04. The van der Waals surface area contributed by atoms with Gasteiger partial charge in [-0.05, 0) is 26.8 Å². The Morgan fingerprint density at radius 1 is 1.64 bits per heavy atom. The van der Waals surface area contributed by atoms with E-state index in [9.17, 15) is 5.11 Å². The van der Waals surface area contributed by atoms with Crippen molar-refractivity contribution in [3.8, 4) is 0 Å². The van der Waals surface area contributed by atoms with Crippen molar-refractivity contribution in [2.24, 2.45) is 11.1 Å². The number of hydrogen-bond acceptors (Lipinski definition) is 3. The minimum absolute atomic E-state index is 0.147. The van der Waals surface area contributed by atoms with E-state index in [2.05, 4.69) is 32.7 Å². The lowest BCUT2D eigenvalue weighted by molar-refractivity contribution is -0.0633. The van der Waals surface area contributed by atoms with Crippen LogP contribution < -0.4 is 5.73 Å². The third kappa shape index (κ3) is 1.69. The number of nitrogens with two attached hydrogens (primary N) is 1. The van der Waals surface area contributed by atoms with Gasteiger partial charge in [-0.3, -0.25) is 0 Å². The van der Waals surface area contributed by atoms with E-state index in [0.29, 0.717) is 12.6 Å². The van der Waals surface area contributed by atoms with Crippen LogP contribution in [0.25, 0.3) is 0 Å². The molecule has 0 aromatic heterocycles. The lowest BCUT2D eigenvalue weighted by Gasteiger charge is -2.41. The zero-order valence-corrected chi connectivity index (χ0v) is 9.88. The summed E-state index contributed by atoms with van der Waals surface area (Å²) in [6.07, 6.45) is 1.77. The molecular weight excluding hydrogens is 176 g/mol. The van der Waals surface area contributed by atoms with Gasteiger partial charge in [-0.1, -0.05) is 13.8 Å². The molecule has 0 amide bonds. The number of hydrogen-bond donors (Lipinski definition) is 2. The van der Waals surface area contributed by atoms with Gasteiger partial charge in [0.1, 0.15) is 0 Å². The first-order valence-corrected chi connectivity index (χ1v) is 5.51. The largest absolute Gasteiger partial charge is 0.388 e. The van der Waals surface area contributed by atoms with Crippen LogP contribution in [0.3, 0.4) is 0 Å². The molecule has 1 rings (SSSR count). The van der Waals surface area contributed by atoms with Crippen LogP contribution in [0.5, 0.6) is 0 Å². The standard InChI is InChI=1S/C11H24N2O/c1-5-10(3,7-12)11(14)6-9(2)13(4)8-11/h9,14H,5-8,12H2,1-4H3. The van der Waals surface area contributed by atoms with Gasteiger partial charge in [0, 0.05) is 24.5 Å². The number of likely N-dealkylation sites (tertiary alicyclic amines) is 1. The fraction of sp³-hybridized carbons (Fsp3) is 1.00. The number of rotatable bonds is 3. The predicted molar refractivity (Wildman–Crippen MR) is 59.1 cm³/mol. The molecule has 3 atom stereocenters. The van der Waals surface area contributed by atoms with Crippen LogP contribution in [0.2, 0.25) is 0 Å². The van der Waals surface area contributed by atoms with Crippen LogP contribution in [0.1, 0.15) is 33.6 Å². The minimum atomic E-state index is -0.606. The highest BCUT2D eigenvalue weighted by Crippen LogP contribution is 2.42. The number of β-amino-alcohol motifs (C(OH)–C–C–N with tert-alkyl or cyclic N) is 1. The fourth-order valence-corrected chi connectivity index (χ4v) is 2.38. The summed E-state index contributed by atoms with van der Waals surface area (Å²) in [4.78, 5) is 2.21. The molecule has 1 fully saturated rings. The Morgan fingerprint density at radius 3 is 2.50 bits per heavy atom. The van der Waals surface area contributed by atoms with Crippen molar-refractivity contribution in [1.82, 2.24) is 4.90 Å². The van der Waals surface area contributed by atoms with Crippen LogP contribution in [-0.2, 0) is 0 Å². The summed E-state index contributed by atoms with van der Waals surface area (Å²) in [5, 5.41) is 10.6. The number of likely N-dealkylation sites (N-methyl/N-ethyl adjacent to an activating group) is 1. The molecule has 14 heavy (non-hydrogen) atoms. The molecule has 0 bridgehead atoms. The van der Waals surface area contributed by atoms with E-state index in [1.54, 1.807) is 0 Å². The maximum absolute atomic E-state index is 10.6. The van der Waals surface area contributed by atoms with Crippen LogP contribution in [0.15, 0.2) is 0 Å². The maximum atomic E-state index is 10.6. The summed E-state index contributed by atoms with van der Waals surface area (Å²) in [6, 6.07) is 0.456. The van der Waals surface area contributed by atoms with E-state index in [1.807, 2.05) is 0 Å². The molecule has 84 valence electrons. The molecule has 0 aromatic rings. The van der Waals surface area contributed by atoms with Crippen molar-refractivity contribution in [1.29, 1.82) is 0 Å². The summed E-state index contributed by atoms with van der Waals surface area (Å²) < 4.78 is 0. The third-order valence-electron chi connectivity index (χ3n) is 4.25. The van der Waals surface area contributed by atoms with E-state index in [1.165, 1.54) is 0 Å². The zero-order valence-electron chi connectivity index (χ0n) is 9.88. The highest BCUT2D eigenvalue weighted by atomic mass is 16.3. The molecule has 3 heteroatoms. The van der Waals surface area contributed by atoms with E-state index in [4.69, 9.17) is 5.73 Å². The van der Waals surface area contributed by atoms with Crippen molar-refractivity contribution in [2.45, 2.75) is 45.3 Å². The Labute approximate surface area is 87.3 Å². The van der Waals surface area contributed by atoms with E-state index >= 15 is 0 Å². The second-order valence-electron chi connectivity index (χ2n) is 5.12. The zero-order chi connectivity index (χ0) is 11.0. The fourth-order valence-electron chi connectivity index (χ4n) is 2.38. The second kappa shape index (κ2) is 3.80. The highest BCUT2D eigenvalue weighted by Gasteiger charge is 2.50. The van der Waals surface area contributed by atoms with Gasteiger partial charge >= 0.3 is 0 Å². The van der Waals surface area contributed by atoms with Gasteiger partial charge in [-0.25, -0.2) is 0 Å². The van der Waals surface area contributed by atoms with Crippen LogP contribution in [-0.4, -0.2) is 41.8 Å². The molecule has 0 radical (unpaired) electrons. The lowest BCUT2D eigenvalue weighted by atomic mass is 9.70. The Kier molecular flexibility index (Phi) is 3.24. The van der Waals surface area contributed by atoms with Crippen LogP contribution >= 0.6 is 0 Å². The van der Waals surface area contributed by atoms with E-state index < -0.39 is 5.60 Å². The SMILES string of the molecule is CCC(C)(CN)C1(O)CC(C)N(C)C1.